The van der Waals surface area contributed by atoms with Gasteiger partial charge in [0.1, 0.15) is 5.82 Å². The summed E-state index contributed by atoms with van der Waals surface area (Å²) in [6, 6.07) is 16.4. The second kappa shape index (κ2) is 10.2. The molecule has 0 aliphatic heterocycles. The smallest absolute Gasteiger partial charge is 0.267 e. The summed E-state index contributed by atoms with van der Waals surface area (Å²) in [6.45, 7) is 2.45. The quantitative estimate of drug-likeness (QED) is 0.318. The number of carbonyl (C=O) groups is 1. The number of nitrogens with one attached hydrogen (secondary N) is 1. The lowest BCUT2D eigenvalue weighted by molar-refractivity contribution is -0.124. The number of fused-ring (bicyclic) bond motifs is 1. The molecule has 0 saturated carbocycles. The SMILES string of the molecule is Cn1c(CN(CC2=CCCC=C2)Cc2ccccc2)nc2cc(/C=C/C(=O)NO)ccc21. The summed E-state index contributed by atoms with van der Waals surface area (Å²) in [7, 11) is 2.04. The predicted octanol–water partition coefficient (Wildman–Crippen LogP) is 4.37. The van der Waals surface area contributed by atoms with Crippen molar-refractivity contribution in [3.63, 3.8) is 0 Å². The van der Waals surface area contributed by atoms with Crippen molar-refractivity contribution in [3.8, 4) is 0 Å². The molecule has 6 nitrogen and oxygen atoms in total. The fourth-order valence-corrected chi connectivity index (χ4v) is 3.97. The number of aromatic nitrogens is 2. The fraction of sp³-hybridized carbons (Fsp3) is 0.231. The molecule has 2 N–H and O–H groups in total. The highest BCUT2D eigenvalue weighted by Gasteiger charge is 2.15. The first kappa shape index (κ1) is 21.7. The molecular formula is C26H28N4O2. The largest absolute Gasteiger partial charge is 0.330 e. The van der Waals surface area contributed by atoms with Gasteiger partial charge in [0, 0.05) is 26.2 Å². The van der Waals surface area contributed by atoms with E-state index in [9.17, 15) is 4.79 Å². The minimum absolute atomic E-state index is 0.561. The van der Waals surface area contributed by atoms with Crippen molar-refractivity contribution in [1.29, 1.82) is 0 Å². The highest BCUT2D eigenvalue weighted by atomic mass is 16.5. The maximum absolute atomic E-state index is 11.3. The van der Waals surface area contributed by atoms with Crippen LogP contribution >= 0.6 is 0 Å². The van der Waals surface area contributed by atoms with Crippen molar-refractivity contribution in [2.24, 2.45) is 7.05 Å². The van der Waals surface area contributed by atoms with E-state index in [4.69, 9.17) is 10.2 Å². The molecule has 4 rings (SSSR count). The molecule has 164 valence electrons. The maximum Gasteiger partial charge on any atom is 0.267 e. The Kier molecular flexibility index (Phi) is 6.94. The van der Waals surface area contributed by atoms with Crippen LogP contribution in [0.1, 0.15) is 29.8 Å². The molecule has 0 atom stereocenters. The summed E-state index contributed by atoms with van der Waals surface area (Å²) in [6.07, 6.45) is 12.0. The first-order valence-corrected chi connectivity index (χ1v) is 10.8. The van der Waals surface area contributed by atoms with Crippen LogP contribution in [0.2, 0.25) is 0 Å². The maximum atomic E-state index is 11.3. The molecule has 1 amide bonds. The van der Waals surface area contributed by atoms with Crippen molar-refractivity contribution >= 4 is 23.0 Å². The predicted molar refractivity (Wildman–Crippen MR) is 127 cm³/mol. The van der Waals surface area contributed by atoms with E-state index < -0.39 is 5.91 Å². The molecule has 2 aromatic carbocycles. The van der Waals surface area contributed by atoms with Crippen LogP contribution in [0, 0.1) is 0 Å². The summed E-state index contributed by atoms with van der Waals surface area (Å²) in [5, 5.41) is 8.65. The standard InChI is InChI=1S/C26H28N4O2/c1-29-24-14-12-20(13-15-26(31)28-32)16-23(24)27-25(29)19-30(17-21-8-4-2-5-9-21)18-22-10-6-3-7-11-22/h2,4-6,8-16,32H,3,7,17-19H2,1H3,(H,28,31)/b15-13+. The molecule has 0 saturated heterocycles. The number of amides is 1. The van der Waals surface area contributed by atoms with Crippen LogP contribution in [0.3, 0.4) is 0 Å². The Bertz CT molecular complexity index is 1180. The van der Waals surface area contributed by atoms with Crippen LogP contribution in [-0.4, -0.2) is 32.1 Å². The first-order chi connectivity index (χ1) is 15.6. The van der Waals surface area contributed by atoms with E-state index in [0.717, 1.165) is 54.9 Å². The van der Waals surface area contributed by atoms with Crippen LogP contribution in [0.15, 0.2) is 78.4 Å². The summed E-state index contributed by atoms with van der Waals surface area (Å²) < 4.78 is 2.13. The van der Waals surface area contributed by atoms with E-state index in [2.05, 4.69) is 52.0 Å². The van der Waals surface area contributed by atoms with Gasteiger partial charge in [-0.2, -0.15) is 0 Å². The Balaban J connectivity index is 1.58. The number of hydroxylamine groups is 1. The average Bonchev–Trinajstić information content (AvgIpc) is 3.13. The van der Waals surface area contributed by atoms with E-state index in [1.165, 1.54) is 17.2 Å². The van der Waals surface area contributed by atoms with Crippen molar-refractivity contribution in [3.05, 3.63) is 95.4 Å². The van der Waals surface area contributed by atoms with E-state index in [1.54, 1.807) is 11.6 Å². The van der Waals surface area contributed by atoms with Crippen molar-refractivity contribution in [2.75, 3.05) is 6.54 Å². The van der Waals surface area contributed by atoms with Crippen molar-refractivity contribution < 1.29 is 10.0 Å². The van der Waals surface area contributed by atoms with Crippen molar-refractivity contribution in [1.82, 2.24) is 19.9 Å². The Hall–Kier alpha value is -3.48. The number of allylic oxidation sites excluding steroid dienone is 2. The molecule has 1 aromatic heterocycles. The van der Waals surface area contributed by atoms with Gasteiger partial charge in [0.05, 0.1) is 17.6 Å². The number of carbonyl (C=O) groups excluding carboxylic acids is 1. The first-order valence-electron chi connectivity index (χ1n) is 10.8. The molecule has 0 spiro atoms. The van der Waals surface area contributed by atoms with Gasteiger partial charge < -0.3 is 4.57 Å². The van der Waals surface area contributed by atoms with E-state index >= 15 is 0 Å². The number of nitrogens with zero attached hydrogens (tertiary/aromatic N) is 3. The van der Waals surface area contributed by atoms with Gasteiger partial charge >= 0.3 is 0 Å². The number of rotatable bonds is 8. The summed E-state index contributed by atoms with van der Waals surface area (Å²) in [5.41, 5.74) is 7.00. The highest BCUT2D eigenvalue weighted by molar-refractivity contribution is 5.91. The third-order valence-corrected chi connectivity index (χ3v) is 5.63. The van der Waals surface area contributed by atoms with Gasteiger partial charge in [0.2, 0.25) is 0 Å². The Labute approximate surface area is 188 Å². The molecule has 0 bridgehead atoms. The van der Waals surface area contributed by atoms with Crippen molar-refractivity contribution in [2.45, 2.75) is 25.9 Å². The van der Waals surface area contributed by atoms with Crippen LogP contribution in [0.4, 0.5) is 0 Å². The number of aryl methyl sites for hydroxylation is 1. The summed E-state index contributed by atoms with van der Waals surface area (Å²) in [5.74, 6) is 0.431. The molecular weight excluding hydrogens is 400 g/mol. The molecule has 3 aromatic rings. The molecule has 32 heavy (non-hydrogen) atoms. The Morgan fingerprint density at radius 1 is 1.16 bits per heavy atom. The average molecular weight is 429 g/mol. The second-order valence-electron chi connectivity index (χ2n) is 8.03. The zero-order valence-electron chi connectivity index (χ0n) is 18.2. The minimum atomic E-state index is -0.561. The van der Waals surface area contributed by atoms with Gasteiger partial charge in [-0.25, -0.2) is 10.5 Å². The lowest BCUT2D eigenvalue weighted by Crippen LogP contribution is -2.26. The number of hydrogen-bond acceptors (Lipinski definition) is 4. The zero-order valence-corrected chi connectivity index (χ0v) is 18.2. The zero-order chi connectivity index (χ0) is 22.3. The van der Waals surface area contributed by atoms with Crippen LogP contribution in [0.25, 0.3) is 17.1 Å². The van der Waals surface area contributed by atoms with Gasteiger partial charge in [-0.05, 0) is 47.8 Å². The fourth-order valence-electron chi connectivity index (χ4n) is 3.97. The lowest BCUT2D eigenvalue weighted by Gasteiger charge is -2.23. The van der Waals surface area contributed by atoms with E-state index in [0.29, 0.717) is 0 Å². The second-order valence-corrected chi connectivity index (χ2v) is 8.03. The van der Waals surface area contributed by atoms with Gasteiger partial charge in [-0.3, -0.25) is 14.9 Å². The van der Waals surface area contributed by atoms with Crippen LogP contribution in [-0.2, 0) is 24.9 Å². The van der Waals surface area contributed by atoms with E-state index in [-0.39, 0.29) is 0 Å². The number of benzene rings is 2. The molecule has 6 heteroatoms. The Morgan fingerprint density at radius 3 is 2.75 bits per heavy atom. The minimum Gasteiger partial charge on any atom is -0.330 e. The van der Waals surface area contributed by atoms with Gasteiger partial charge in [0.15, 0.2) is 0 Å². The van der Waals surface area contributed by atoms with E-state index in [1.807, 2.05) is 31.3 Å². The third kappa shape index (κ3) is 5.41. The van der Waals surface area contributed by atoms with Gasteiger partial charge in [-0.15, -0.1) is 0 Å². The third-order valence-electron chi connectivity index (χ3n) is 5.63. The number of hydrogen-bond donors (Lipinski definition) is 2. The molecule has 0 radical (unpaired) electrons. The van der Waals surface area contributed by atoms with Gasteiger partial charge in [-0.1, -0.05) is 54.6 Å². The van der Waals surface area contributed by atoms with Crippen LogP contribution in [0.5, 0.6) is 0 Å². The van der Waals surface area contributed by atoms with Gasteiger partial charge in [0.25, 0.3) is 5.91 Å². The monoisotopic (exact) mass is 428 g/mol. The normalized spacial score (nSPS) is 13.8. The highest BCUT2D eigenvalue weighted by Crippen LogP contribution is 2.21. The number of imidazole rings is 1. The van der Waals surface area contributed by atoms with Crippen LogP contribution < -0.4 is 5.48 Å². The summed E-state index contributed by atoms with van der Waals surface area (Å²) >= 11 is 0. The summed E-state index contributed by atoms with van der Waals surface area (Å²) in [4.78, 5) is 18.6. The molecule has 1 aliphatic rings. The lowest BCUT2D eigenvalue weighted by atomic mass is 10.1. The molecule has 0 fully saturated rings. The Morgan fingerprint density at radius 2 is 2.00 bits per heavy atom. The topological polar surface area (TPSA) is 70.4 Å². The molecule has 0 unspecified atom stereocenters. The molecule has 1 heterocycles. The molecule has 1 aliphatic carbocycles.